The molecule has 2 heterocycles. The Labute approximate surface area is 113 Å². The first-order valence-corrected chi connectivity index (χ1v) is 7.18. The summed E-state index contributed by atoms with van der Waals surface area (Å²) in [7, 11) is 0. The van der Waals surface area contributed by atoms with Gasteiger partial charge in [-0.05, 0) is 24.7 Å². The summed E-state index contributed by atoms with van der Waals surface area (Å²) in [4.78, 5) is 14.5. The lowest BCUT2D eigenvalue weighted by atomic mass is 10.2. The number of nitro groups is 1. The molecule has 3 rings (SSSR count). The van der Waals surface area contributed by atoms with Crippen molar-refractivity contribution < 1.29 is 9.34 Å². The number of thioether (sulfide) groups is 1. The van der Waals surface area contributed by atoms with Crippen LogP contribution in [0.4, 0.5) is 11.7 Å². The third-order valence-corrected chi connectivity index (χ3v) is 4.49. The van der Waals surface area contributed by atoms with Crippen molar-refractivity contribution in [3.05, 3.63) is 28.3 Å². The minimum atomic E-state index is -0.440. The van der Waals surface area contributed by atoms with Crippen LogP contribution < -0.4 is 5.32 Å². The summed E-state index contributed by atoms with van der Waals surface area (Å²) in [6.45, 7) is 0.819. The zero-order valence-corrected chi connectivity index (χ0v) is 11.0. The van der Waals surface area contributed by atoms with E-state index in [9.17, 15) is 10.1 Å². The van der Waals surface area contributed by atoms with Crippen molar-refractivity contribution in [2.24, 2.45) is 0 Å². The van der Waals surface area contributed by atoms with E-state index in [1.165, 1.54) is 30.7 Å². The Kier molecular flexibility index (Phi) is 3.29. The molecule has 2 aromatic rings. The van der Waals surface area contributed by atoms with E-state index in [0.717, 1.165) is 6.54 Å². The highest BCUT2D eigenvalue weighted by atomic mass is 32.2. The smallest absolute Gasteiger partial charge is 0.295 e. The minimum Gasteiger partial charge on any atom is -0.423 e. The van der Waals surface area contributed by atoms with Crippen LogP contribution in [0.5, 0.6) is 0 Å². The van der Waals surface area contributed by atoms with Gasteiger partial charge in [-0.3, -0.25) is 10.1 Å². The molecule has 19 heavy (non-hydrogen) atoms. The number of non-ortho nitro benzene ring substituents is 1. The fourth-order valence-corrected chi connectivity index (χ4v) is 3.31. The normalized spacial score (nSPS) is 18.8. The number of nitro benzene ring substituents is 1. The monoisotopic (exact) mass is 279 g/mol. The second-order valence-electron chi connectivity index (χ2n) is 4.44. The maximum Gasteiger partial charge on any atom is 0.295 e. The lowest BCUT2D eigenvalue weighted by Crippen LogP contribution is -2.13. The Balaban J connectivity index is 1.75. The fraction of sp³-hybridized carbons (Fsp3) is 0.417. The Morgan fingerprint density at radius 2 is 2.47 bits per heavy atom. The molecule has 0 saturated carbocycles. The van der Waals surface area contributed by atoms with E-state index in [0.29, 0.717) is 22.4 Å². The summed E-state index contributed by atoms with van der Waals surface area (Å²) >= 11 is 1.95. The van der Waals surface area contributed by atoms with E-state index < -0.39 is 4.92 Å². The molecule has 6 nitrogen and oxygen atoms in total. The van der Waals surface area contributed by atoms with Gasteiger partial charge in [-0.15, -0.1) is 0 Å². The first-order chi connectivity index (χ1) is 9.22. The van der Waals surface area contributed by atoms with Crippen LogP contribution in [0.25, 0.3) is 11.1 Å². The summed E-state index contributed by atoms with van der Waals surface area (Å²) in [5, 5.41) is 14.4. The number of anilines is 1. The highest BCUT2D eigenvalue weighted by Crippen LogP contribution is 2.27. The molecule has 1 aromatic heterocycles. The zero-order chi connectivity index (χ0) is 13.2. The number of rotatable bonds is 4. The minimum absolute atomic E-state index is 0.0153. The van der Waals surface area contributed by atoms with Gasteiger partial charge in [-0.1, -0.05) is 0 Å². The first kappa shape index (κ1) is 12.3. The molecule has 1 unspecified atom stereocenters. The average Bonchev–Trinajstić information content (AvgIpc) is 3.04. The van der Waals surface area contributed by atoms with Gasteiger partial charge in [0.2, 0.25) is 0 Å². The Hall–Kier alpha value is -1.76. The van der Waals surface area contributed by atoms with Gasteiger partial charge in [0.05, 0.1) is 11.0 Å². The van der Waals surface area contributed by atoms with Crippen molar-refractivity contribution in [1.29, 1.82) is 0 Å². The molecule has 0 amide bonds. The highest BCUT2D eigenvalue weighted by Gasteiger charge is 2.17. The standard InChI is InChI=1S/C12H13N3O3S/c16-15(17)8-3-4-10-11(6-8)18-12(14-10)13-7-9-2-1-5-19-9/h3-4,6,9H,1-2,5,7H2,(H,13,14). The third-order valence-electron chi connectivity index (χ3n) is 3.09. The number of hydrogen-bond donors (Lipinski definition) is 1. The maximum absolute atomic E-state index is 10.7. The van der Waals surface area contributed by atoms with Crippen LogP contribution in [0.3, 0.4) is 0 Å². The number of aromatic nitrogens is 1. The van der Waals surface area contributed by atoms with E-state index in [2.05, 4.69) is 10.3 Å². The van der Waals surface area contributed by atoms with E-state index in [1.54, 1.807) is 6.07 Å². The summed E-state index contributed by atoms with van der Waals surface area (Å²) in [5.74, 6) is 1.21. The van der Waals surface area contributed by atoms with Gasteiger partial charge in [0.25, 0.3) is 11.7 Å². The van der Waals surface area contributed by atoms with Crippen LogP contribution in [0, 0.1) is 10.1 Å². The number of nitrogens with zero attached hydrogens (tertiary/aromatic N) is 2. The predicted molar refractivity (Wildman–Crippen MR) is 74.6 cm³/mol. The maximum atomic E-state index is 10.7. The molecule has 7 heteroatoms. The predicted octanol–water partition coefficient (Wildman–Crippen LogP) is 3.04. The fourth-order valence-electron chi connectivity index (χ4n) is 2.11. The summed E-state index contributed by atoms with van der Waals surface area (Å²) in [6, 6.07) is 4.87. The largest absolute Gasteiger partial charge is 0.423 e. The van der Waals surface area contributed by atoms with Gasteiger partial charge in [0.15, 0.2) is 5.58 Å². The van der Waals surface area contributed by atoms with Crippen LogP contribution in [-0.4, -0.2) is 27.5 Å². The van der Waals surface area contributed by atoms with Crippen molar-refractivity contribution >= 4 is 34.6 Å². The van der Waals surface area contributed by atoms with E-state index in [1.807, 2.05) is 11.8 Å². The van der Waals surface area contributed by atoms with E-state index >= 15 is 0 Å². The van der Waals surface area contributed by atoms with Crippen LogP contribution >= 0.6 is 11.8 Å². The molecule has 1 atom stereocenters. The van der Waals surface area contributed by atoms with Gasteiger partial charge in [0.1, 0.15) is 5.52 Å². The summed E-state index contributed by atoms with van der Waals surface area (Å²) < 4.78 is 5.48. The SMILES string of the molecule is O=[N+]([O-])c1ccc2nc(NCC3CCCS3)oc2c1. The quantitative estimate of drug-likeness (QED) is 0.684. The second-order valence-corrected chi connectivity index (χ2v) is 5.85. The van der Waals surface area contributed by atoms with Gasteiger partial charge in [-0.25, -0.2) is 0 Å². The van der Waals surface area contributed by atoms with Gasteiger partial charge >= 0.3 is 0 Å². The Bertz CT molecular complexity index is 607. The molecule has 0 aliphatic carbocycles. The summed E-state index contributed by atoms with van der Waals surface area (Å²) in [5.41, 5.74) is 1.09. The van der Waals surface area contributed by atoms with Crippen LogP contribution in [-0.2, 0) is 0 Å². The van der Waals surface area contributed by atoms with Crippen molar-refractivity contribution in [1.82, 2.24) is 4.98 Å². The lowest BCUT2D eigenvalue weighted by Gasteiger charge is -2.07. The molecule has 1 fully saturated rings. The van der Waals surface area contributed by atoms with Gasteiger partial charge < -0.3 is 9.73 Å². The molecule has 1 aromatic carbocycles. The number of benzene rings is 1. The lowest BCUT2D eigenvalue weighted by molar-refractivity contribution is -0.384. The number of hydrogen-bond acceptors (Lipinski definition) is 6. The molecule has 1 N–H and O–H groups in total. The van der Waals surface area contributed by atoms with Gasteiger partial charge in [0, 0.05) is 17.9 Å². The van der Waals surface area contributed by atoms with Crippen molar-refractivity contribution in [3.63, 3.8) is 0 Å². The molecule has 100 valence electrons. The van der Waals surface area contributed by atoms with Gasteiger partial charge in [-0.2, -0.15) is 16.7 Å². The first-order valence-electron chi connectivity index (χ1n) is 6.13. The topological polar surface area (TPSA) is 81.2 Å². The average molecular weight is 279 g/mol. The van der Waals surface area contributed by atoms with Crippen molar-refractivity contribution in [2.75, 3.05) is 17.6 Å². The van der Waals surface area contributed by atoms with Crippen LogP contribution in [0.15, 0.2) is 22.6 Å². The highest BCUT2D eigenvalue weighted by molar-refractivity contribution is 8.00. The molecule has 1 aliphatic heterocycles. The van der Waals surface area contributed by atoms with E-state index in [-0.39, 0.29) is 5.69 Å². The molecule has 0 bridgehead atoms. The third kappa shape index (κ3) is 2.65. The molecule has 0 radical (unpaired) electrons. The number of oxazole rings is 1. The van der Waals surface area contributed by atoms with Crippen LogP contribution in [0.2, 0.25) is 0 Å². The molecule has 0 spiro atoms. The molecular weight excluding hydrogens is 266 g/mol. The molecule has 1 aliphatic rings. The Morgan fingerprint density at radius 3 is 3.21 bits per heavy atom. The van der Waals surface area contributed by atoms with E-state index in [4.69, 9.17) is 4.42 Å². The summed E-state index contributed by atoms with van der Waals surface area (Å²) in [6.07, 6.45) is 2.47. The molecule has 1 saturated heterocycles. The molecular formula is C12H13N3O3S. The van der Waals surface area contributed by atoms with Crippen molar-refractivity contribution in [3.8, 4) is 0 Å². The number of fused-ring (bicyclic) bond motifs is 1. The second kappa shape index (κ2) is 5.08. The van der Waals surface area contributed by atoms with Crippen LogP contribution in [0.1, 0.15) is 12.8 Å². The van der Waals surface area contributed by atoms with Crippen molar-refractivity contribution in [2.45, 2.75) is 18.1 Å². The zero-order valence-electron chi connectivity index (χ0n) is 10.2. The number of nitrogens with one attached hydrogen (secondary N) is 1. The Morgan fingerprint density at radius 1 is 1.58 bits per heavy atom.